The van der Waals surface area contributed by atoms with Crippen LogP contribution in [-0.2, 0) is 10.0 Å². The Balaban J connectivity index is 1.76. The lowest BCUT2D eigenvalue weighted by molar-refractivity contribution is 0.598. The minimum Gasteiger partial charge on any atom is -0.372 e. The monoisotopic (exact) mass is 362 g/mol. The third-order valence-electron chi connectivity index (χ3n) is 4.52. The van der Waals surface area contributed by atoms with Crippen molar-refractivity contribution in [3.8, 4) is 0 Å². The summed E-state index contributed by atoms with van der Waals surface area (Å²) in [5.41, 5.74) is 2.00. The van der Waals surface area contributed by atoms with Gasteiger partial charge < -0.3 is 4.90 Å². The average molecular weight is 362 g/mol. The first-order chi connectivity index (χ1) is 12.0. The Morgan fingerprint density at radius 3 is 2.20 bits per heavy atom. The Kier molecular flexibility index (Phi) is 5.27. The highest BCUT2D eigenvalue weighted by Gasteiger charge is 2.17. The normalized spacial score (nSPS) is 15.7. The third kappa shape index (κ3) is 4.31. The fourth-order valence-corrected chi connectivity index (χ4v) is 4.48. The minimum atomic E-state index is -3.73. The van der Waals surface area contributed by atoms with Crippen molar-refractivity contribution in [3.63, 3.8) is 0 Å². The first kappa shape index (κ1) is 17.7. The fourth-order valence-electron chi connectivity index (χ4n) is 3.19. The van der Waals surface area contributed by atoms with Crippen LogP contribution in [0.1, 0.15) is 31.2 Å². The van der Waals surface area contributed by atoms with Crippen molar-refractivity contribution in [1.29, 1.82) is 0 Å². The molecule has 1 N–H and O–H groups in total. The van der Waals surface area contributed by atoms with Crippen molar-refractivity contribution < 1.29 is 12.8 Å². The Hall–Kier alpha value is -2.08. The van der Waals surface area contributed by atoms with Crippen molar-refractivity contribution >= 4 is 21.4 Å². The maximum atomic E-state index is 13.2. The van der Waals surface area contributed by atoms with Crippen molar-refractivity contribution in [1.82, 2.24) is 0 Å². The van der Waals surface area contributed by atoms with E-state index >= 15 is 0 Å². The zero-order valence-corrected chi connectivity index (χ0v) is 15.2. The molecule has 0 bridgehead atoms. The van der Waals surface area contributed by atoms with Crippen molar-refractivity contribution in [3.05, 3.63) is 53.8 Å². The van der Waals surface area contributed by atoms with Crippen molar-refractivity contribution in [2.45, 2.75) is 37.5 Å². The van der Waals surface area contributed by atoms with E-state index in [0.29, 0.717) is 11.3 Å². The van der Waals surface area contributed by atoms with Crippen LogP contribution in [0.25, 0.3) is 0 Å². The molecule has 6 heteroatoms. The topological polar surface area (TPSA) is 49.4 Å². The van der Waals surface area contributed by atoms with Gasteiger partial charge in [0.1, 0.15) is 5.82 Å². The number of rotatable bonds is 4. The highest BCUT2D eigenvalue weighted by Crippen LogP contribution is 2.24. The Morgan fingerprint density at radius 2 is 1.60 bits per heavy atom. The maximum Gasteiger partial charge on any atom is 0.262 e. The molecule has 1 aliphatic heterocycles. The summed E-state index contributed by atoms with van der Waals surface area (Å²) in [7, 11) is -3.73. The predicted molar refractivity (Wildman–Crippen MR) is 99.1 cm³/mol. The lowest BCUT2D eigenvalue weighted by atomic mass is 10.2. The predicted octanol–water partition coefficient (Wildman–Crippen LogP) is 4.32. The summed E-state index contributed by atoms with van der Waals surface area (Å²) in [6.45, 7) is 3.67. The van der Waals surface area contributed by atoms with Crippen LogP contribution < -0.4 is 9.62 Å². The van der Waals surface area contributed by atoms with E-state index in [4.69, 9.17) is 0 Å². The van der Waals surface area contributed by atoms with Crippen molar-refractivity contribution in [2.75, 3.05) is 22.7 Å². The van der Waals surface area contributed by atoms with Crippen LogP contribution in [0.5, 0.6) is 0 Å². The van der Waals surface area contributed by atoms with Gasteiger partial charge in [-0.2, -0.15) is 0 Å². The van der Waals surface area contributed by atoms with E-state index in [0.717, 1.165) is 24.8 Å². The molecule has 2 aromatic rings. The van der Waals surface area contributed by atoms with E-state index in [-0.39, 0.29) is 4.90 Å². The molecular weight excluding hydrogens is 339 g/mol. The van der Waals surface area contributed by atoms with Gasteiger partial charge in [-0.15, -0.1) is 0 Å². The molecule has 1 fully saturated rings. The second-order valence-corrected chi connectivity index (χ2v) is 8.11. The fraction of sp³-hybridized carbons (Fsp3) is 0.368. The SMILES string of the molecule is Cc1cc(F)ccc1S(=O)(=O)Nc1ccc(N2CCCCCC2)cc1. The number of nitrogens with zero attached hydrogens (tertiary/aromatic N) is 1. The molecule has 25 heavy (non-hydrogen) atoms. The second kappa shape index (κ2) is 7.44. The summed E-state index contributed by atoms with van der Waals surface area (Å²) in [6.07, 6.45) is 4.92. The van der Waals surface area contributed by atoms with E-state index in [2.05, 4.69) is 9.62 Å². The van der Waals surface area contributed by atoms with Gasteiger partial charge >= 0.3 is 0 Å². The van der Waals surface area contributed by atoms with Gasteiger partial charge in [-0.05, 0) is 67.8 Å². The molecule has 0 amide bonds. The summed E-state index contributed by atoms with van der Waals surface area (Å²) in [4.78, 5) is 2.43. The molecule has 1 heterocycles. The molecule has 3 rings (SSSR count). The average Bonchev–Trinajstić information content (AvgIpc) is 2.84. The molecule has 1 aliphatic rings. The smallest absolute Gasteiger partial charge is 0.262 e. The zero-order chi connectivity index (χ0) is 17.9. The molecule has 4 nitrogen and oxygen atoms in total. The van der Waals surface area contributed by atoms with E-state index in [1.54, 1.807) is 19.1 Å². The van der Waals surface area contributed by atoms with Gasteiger partial charge in [0.2, 0.25) is 0 Å². The summed E-state index contributed by atoms with van der Waals surface area (Å²) in [6, 6.07) is 11.1. The van der Waals surface area contributed by atoms with Gasteiger partial charge in [0.05, 0.1) is 4.90 Å². The van der Waals surface area contributed by atoms with E-state index in [1.165, 1.54) is 37.8 Å². The second-order valence-electron chi connectivity index (χ2n) is 6.46. The van der Waals surface area contributed by atoms with Crippen LogP contribution in [0.3, 0.4) is 0 Å². The Bertz CT molecular complexity index is 827. The first-order valence-electron chi connectivity index (χ1n) is 8.60. The zero-order valence-electron chi connectivity index (χ0n) is 14.3. The highest BCUT2D eigenvalue weighted by atomic mass is 32.2. The molecule has 0 atom stereocenters. The maximum absolute atomic E-state index is 13.2. The molecule has 0 radical (unpaired) electrons. The number of nitrogens with one attached hydrogen (secondary N) is 1. The molecule has 0 aliphatic carbocycles. The van der Waals surface area contributed by atoms with Crippen LogP contribution >= 0.6 is 0 Å². The van der Waals surface area contributed by atoms with E-state index < -0.39 is 15.8 Å². The summed E-state index contributed by atoms with van der Waals surface area (Å²) in [5.74, 6) is -0.446. The first-order valence-corrected chi connectivity index (χ1v) is 10.1. The number of halogens is 1. The van der Waals surface area contributed by atoms with Crippen molar-refractivity contribution in [2.24, 2.45) is 0 Å². The number of anilines is 2. The Morgan fingerprint density at radius 1 is 0.960 bits per heavy atom. The van der Waals surface area contributed by atoms with E-state index in [9.17, 15) is 12.8 Å². The van der Waals surface area contributed by atoms with Gasteiger partial charge in [0, 0.05) is 24.5 Å². The molecule has 0 aromatic heterocycles. The number of hydrogen-bond donors (Lipinski definition) is 1. The van der Waals surface area contributed by atoms with E-state index in [1.807, 2.05) is 12.1 Å². The molecule has 2 aromatic carbocycles. The highest BCUT2D eigenvalue weighted by molar-refractivity contribution is 7.92. The van der Waals surface area contributed by atoms with Gasteiger partial charge in [-0.1, -0.05) is 12.8 Å². The molecule has 0 unspecified atom stereocenters. The van der Waals surface area contributed by atoms with Gasteiger partial charge in [0.25, 0.3) is 10.0 Å². The van der Waals surface area contributed by atoms with Gasteiger partial charge in [-0.3, -0.25) is 4.72 Å². The lowest BCUT2D eigenvalue weighted by Crippen LogP contribution is -2.23. The molecular formula is C19H23FN2O2S. The summed E-state index contributed by atoms with van der Waals surface area (Å²) < 4.78 is 40.8. The largest absolute Gasteiger partial charge is 0.372 e. The number of benzene rings is 2. The molecule has 1 saturated heterocycles. The number of sulfonamides is 1. The summed E-state index contributed by atoms with van der Waals surface area (Å²) >= 11 is 0. The van der Waals surface area contributed by atoms with Crippen LogP contribution in [0, 0.1) is 12.7 Å². The number of hydrogen-bond acceptors (Lipinski definition) is 3. The van der Waals surface area contributed by atoms with Gasteiger partial charge in [0.15, 0.2) is 0 Å². The minimum absolute atomic E-state index is 0.0884. The Labute approximate surface area is 148 Å². The van der Waals surface area contributed by atoms with Crippen LogP contribution in [-0.4, -0.2) is 21.5 Å². The van der Waals surface area contributed by atoms with Gasteiger partial charge in [-0.25, -0.2) is 12.8 Å². The van der Waals surface area contributed by atoms with Crippen LogP contribution in [0.2, 0.25) is 0 Å². The van der Waals surface area contributed by atoms with Crippen LogP contribution in [0.4, 0.5) is 15.8 Å². The molecule has 0 saturated carbocycles. The van der Waals surface area contributed by atoms with Crippen LogP contribution in [0.15, 0.2) is 47.4 Å². The molecule has 134 valence electrons. The standard InChI is InChI=1S/C19H23FN2O2S/c1-15-14-16(20)6-11-19(15)25(23,24)21-17-7-9-18(10-8-17)22-12-4-2-3-5-13-22/h6-11,14,21H,2-5,12-13H2,1H3. The quantitative estimate of drug-likeness (QED) is 0.881. The summed E-state index contributed by atoms with van der Waals surface area (Å²) in [5, 5.41) is 0. The lowest BCUT2D eigenvalue weighted by Gasteiger charge is -2.23. The number of aryl methyl sites for hydroxylation is 1. The molecule has 0 spiro atoms. The third-order valence-corrected chi connectivity index (χ3v) is 6.06.